The third-order valence-corrected chi connectivity index (χ3v) is 6.67. The van der Waals surface area contributed by atoms with Crippen LogP contribution in [0, 0.1) is 11.3 Å². The van der Waals surface area contributed by atoms with E-state index in [0.717, 1.165) is 34.3 Å². The number of carboxylic acids is 1. The molecule has 1 heterocycles. The molecule has 1 aliphatic carbocycles. The van der Waals surface area contributed by atoms with Gasteiger partial charge in [0, 0.05) is 23.1 Å². The molecular weight excluding hydrogens is 440 g/mol. The van der Waals surface area contributed by atoms with Gasteiger partial charge in [-0.15, -0.1) is 0 Å². The molecule has 5 rings (SSSR count). The molecule has 3 aromatic carbocycles. The topological polar surface area (TPSA) is 114 Å². The van der Waals surface area contributed by atoms with E-state index in [1.807, 2.05) is 36.4 Å². The van der Waals surface area contributed by atoms with Crippen LogP contribution in [0.25, 0.3) is 22.0 Å². The number of amidine groups is 1. The van der Waals surface area contributed by atoms with Crippen LogP contribution in [0.15, 0.2) is 66.7 Å². The van der Waals surface area contributed by atoms with Gasteiger partial charge in [0.2, 0.25) is 0 Å². The van der Waals surface area contributed by atoms with Crippen molar-refractivity contribution in [2.75, 3.05) is 0 Å². The van der Waals surface area contributed by atoms with Crippen LogP contribution in [-0.4, -0.2) is 26.7 Å². The van der Waals surface area contributed by atoms with Crippen molar-refractivity contribution in [2.24, 2.45) is 11.7 Å². The standard InChI is InChI=1S/C28H28N4O3/c29-28(30)22-9-4-8-19(13-22)20-11-12-25-23(14-20)24(31-32(25)16-18-5-3-6-18)17-35-26-10-2-1-7-21(26)15-27(33)34/h1-2,4,7-14,18H,3,5-6,15-17H2,(H3,29,30)(H,33,34). The Morgan fingerprint density at radius 2 is 1.89 bits per heavy atom. The van der Waals surface area contributed by atoms with E-state index in [1.165, 1.54) is 19.3 Å². The predicted octanol–water partition coefficient (Wildman–Crippen LogP) is 4.99. The number of aromatic nitrogens is 2. The van der Waals surface area contributed by atoms with Gasteiger partial charge in [0.1, 0.15) is 23.9 Å². The van der Waals surface area contributed by atoms with Crippen molar-refractivity contribution >= 4 is 22.7 Å². The van der Waals surface area contributed by atoms with Crippen LogP contribution in [0.1, 0.15) is 36.1 Å². The Morgan fingerprint density at radius 1 is 1.09 bits per heavy atom. The minimum atomic E-state index is -0.895. The van der Waals surface area contributed by atoms with Gasteiger partial charge in [0.25, 0.3) is 0 Å². The highest BCUT2D eigenvalue weighted by Crippen LogP contribution is 2.32. The van der Waals surface area contributed by atoms with Crippen LogP contribution in [-0.2, 0) is 24.4 Å². The van der Waals surface area contributed by atoms with Crippen molar-refractivity contribution in [3.63, 3.8) is 0 Å². The summed E-state index contributed by atoms with van der Waals surface area (Å²) in [5.41, 5.74) is 10.9. The lowest BCUT2D eigenvalue weighted by Gasteiger charge is -2.25. The van der Waals surface area contributed by atoms with E-state index in [-0.39, 0.29) is 18.9 Å². The Bertz CT molecular complexity index is 1400. The fourth-order valence-corrected chi connectivity index (χ4v) is 4.56. The van der Waals surface area contributed by atoms with Crippen LogP contribution >= 0.6 is 0 Å². The fourth-order valence-electron chi connectivity index (χ4n) is 4.56. The Hall–Kier alpha value is -4.13. The highest BCUT2D eigenvalue weighted by Gasteiger charge is 2.21. The Morgan fingerprint density at radius 3 is 2.63 bits per heavy atom. The van der Waals surface area contributed by atoms with Gasteiger partial charge in [-0.2, -0.15) is 5.10 Å². The highest BCUT2D eigenvalue weighted by molar-refractivity contribution is 5.96. The number of nitrogen functional groups attached to an aromatic ring is 1. The van der Waals surface area contributed by atoms with E-state index in [0.29, 0.717) is 22.8 Å². The van der Waals surface area contributed by atoms with Gasteiger partial charge in [-0.1, -0.05) is 48.9 Å². The van der Waals surface area contributed by atoms with Gasteiger partial charge < -0.3 is 15.6 Å². The molecule has 0 unspecified atom stereocenters. The first kappa shape index (κ1) is 22.7. The summed E-state index contributed by atoms with van der Waals surface area (Å²) in [6.45, 7) is 1.12. The summed E-state index contributed by atoms with van der Waals surface area (Å²) in [5.74, 6) is 0.348. The van der Waals surface area contributed by atoms with Gasteiger partial charge in [-0.25, -0.2) is 0 Å². The normalized spacial score (nSPS) is 13.5. The zero-order valence-corrected chi connectivity index (χ0v) is 19.4. The lowest BCUT2D eigenvalue weighted by Crippen LogP contribution is -2.18. The zero-order chi connectivity index (χ0) is 24.4. The van der Waals surface area contributed by atoms with Crippen LogP contribution in [0.5, 0.6) is 5.75 Å². The number of carbonyl (C=O) groups is 1. The number of nitrogens with one attached hydrogen (secondary N) is 1. The maximum atomic E-state index is 11.3. The van der Waals surface area contributed by atoms with E-state index in [2.05, 4.69) is 22.9 Å². The Kier molecular flexibility index (Phi) is 6.23. The molecule has 1 fully saturated rings. The van der Waals surface area contributed by atoms with Gasteiger partial charge in [0.05, 0.1) is 11.9 Å². The molecular formula is C28H28N4O3. The SMILES string of the molecule is N=C(N)c1cccc(-c2ccc3c(c2)c(COc2ccccc2CC(=O)O)nn3CC2CCC2)c1. The van der Waals surface area contributed by atoms with Gasteiger partial charge in [0.15, 0.2) is 0 Å². The third kappa shape index (κ3) is 4.89. The second kappa shape index (κ2) is 9.62. The first-order chi connectivity index (χ1) is 17.0. The van der Waals surface area contributed by atoms with Crippen molar-refractivity contribution in [1.82, 2.24) is 9.78 Å². The summed E-state index contributed by atoms with van der Waals surface area (Å²) >= 11 is 0. The largest absolute Gasteiger partial charge is 0.487 e. The smallest absolute Gasteiger partial charge is 0.307 e. The molecule has 4 aromatic rings. The molecule has 1 saturated carbocycles. The van der Waals surface area contributed by atoms with Crippen molar-refractivity contribution in [1.29, 1.82) is 5.41 Å². The molecule has 4 N–H and O–H groups in total. The van der Waals surface area contributed by atoms with Crippen LogP contribution in [0.3, 0.4) is 0 Å². The minimum Gasteiger partial charge on any atom is -0.487 e. The number of nitrogens with zero attached hydrogens (tertiary/aromatic N) is 2. The number of benzene rings is 3. The molecule has 0 atom stereocenters. The fraction of sp³-hybridized carbons (Fsp3) is 0.250. The molecule has 35 heavy (non-hydrogen) atoms. The number of hydrogen-bond donors (Lipinski definition) is 3. The number of para-hydroxylation sites is 1. The lowest BCUT2D eigenvalue weighted by atomic mass is 9.85. The summed E-state index contributed by atoms with van der Waals surface area (Å²) in [7, 11) is 0. The van der Waals surface area contributed by atoms with E-state index in [1.54, 1.807) is 12.1 Å². The van der Waals surface area contributed by atoms with E-state index >= 15 is 0 Å². The number of carboxylic acid groups (broad SMARTS) is 1. The number of nitrogens with two attached hydrogens (primary N) is 1. The quantitative estimate of drug-likeness (QED) is 0.236. The van der Waals surface area contributed by atoms with Crippen molar-refractivity contribution < 1.29 is 14.6 Å². The lowest BCUT2D eigenvalue weighted by molar-refractivity contribution is -0.136. The summed E-state index contributed by atoms with van der Waals surface area (Å²) in [5, 5.41) is 22.9. The Labute approximate surface area is 203 Å². The highest BCUT2D eigenvalue weighted by atomic mass is 16.5. The molecule has 7 heteroatoms. The minimum absolute atomic E-state index is 0.0374. The van der Waals surface area contributed by atoms with Gasteiger partial charge >= 0.3 is 5.97 Å². The molecule has 0 amide bonds. The number of ether oxygens (including phenoxy) is 1. The molecule has 0 aliphatic heterocycles. The summed E-state index contributed by atoms with van der Waals surface area (Å²) < 4.78 is 8.18. The maximum Gasteiger partial charge on any atom is 0.307 e. The second-order valence-corrected chi connectivity index (χ2v) is 9.12. The molecule has 0 saturated heterocycles. The van der Waals surface area contributed by atoms with Gasteiger partial charge in [-0.3, -0.25) is 14.9 Å². The van der Waals surface area contributed by atoms with Crippen molar-refractivity contribution in [3.05, 3.63) is 83.6 Å². The number of hydrogen-bond acceptors (Lipinski definition) is 4. The Balaban J connectivity index is 1.50. The molecule has 178 valence electrons. The van der Waals surface area contributed by atoms with E-state index in [9.17, 15) is 9.90 Å². The number of aliphatic carboxylic acids is 1. The average molecular weight is 469 g/mol. The average Bonchev–Trinajstić information content (AvgIpc) is 3.17. The van der Waals surface area contributed by atoms with Crippen molar-refractivity contribution in [2.45, 2.75) is 38.8 Å². The summed E-state index contributed by atoms with van der Waals surface area (Å²) in [4.78, 5) is 11.3. The maximum absolute atomic E-state index is 11.3. The van der Waals surface area contributed by atoms with E-state index < -0.39 is 5.97 Å². The summed E-state index contributed by atoms with van der Waals surface area (Å²) in [6.07, 6.45) is 3.64. The number of rotatable bonds is 9. The second-order valence-electron chi connectivity index (χ2n) is 9.12. The van der Waals surface area contributed by atoms with Gasteiger partial charge in [-0.05, 0) is 54.2 Å². The predicted molar refractivity (Wildman–Crippen MR) is 136 cm³/mol. The molecule has 1 aromatic heterocycles. The monoisotopic (exact) mass is 468 g/mol. The van der Waals surface area contributed by atoms with Crippen LogP contribution < -0.4 is 10.5 Å². The van der Waals surface area contributed by atoms with Crippen LogP contribution in [0.2, 0.25) is 0 Å². The number of fused-ring (bicyclic) bond motifs is 1. The molecule has 0 bridgehead atoms. The molecule has 0 spiro atoms. The third-order valence-electron chi connectivity index (χ3n) is 6.67. The summed E-state index contributed by atoms with van der Waals surface area (Å²) in [6, 6.07) is 21.2. The zero-order valence-electron chi connectivity index (χ0n) is 19.4. The van der Waals surface area contributed by atoms with Crippen molar-refractivity contribution in [3.8, 4) is 16.9 Å². The first-order valence-corrected chi connectivity index (χ1v) is 11.8. The molecule has 0 radical (unpaired) electrons. The first-order valence-electron chi connectivity index (χ1n) is 11.8. The molecule has 7 nitrogen and oxygen atoms in total. The van der Waals surface area contributed by atoms with Crippen LogP contribution in [0.4, 0.5) is 0 Å². The molecule has 1 aliphatic rings. The van der Waals surface area contributed by atoms with E-state index in [4.69, 9.17) is 21.0 Å².